The van der Waals surface area contributed by atoms with E-state index in [0.717, 1.165) is 22.3 Å². The molecule has 10 amide bonds. The number of nitrogens with zero attached hydrogens (tertiary/aromatic N) is 4. The number of carboxylic acids is 1. The molecular formula is C78H104N18O13. The highest BCUT2D eigenvalue weighted by Gasteiger charge is 2.39. The van der Waals surface area contributed by atoms with Crippen molar-refractivity contribution in [3.63, 3.8) is 0 Å². The molecule has 0 unspecified atom stereocenters. The molecule has 7 aromatic rings. The van der Waals surface area contributed by atoms with Crippen LogP contribution in [0.4, 0.5) is 4.79 Å². The fraction of sp³-hybridized carbons (Fsp3) is 0.474. The number of carbonyl (C=O) groups excluding carboxylic acids is 10. The molecule has 584 valence electrons. The molecule has 1 aliphatic carbocycles. The van der Waals surface area contributed by atoms with E-state index in [0.29, 0.717) is 28.3 Å². The monoisotopic (exact) mass is 1500 g/mol. The molecule has 15 N–H and O–H groups in total. The lowest BCUT2D eigenvalue weighted by molar-refractivity contribution is -0.142. The summed E-state index contributed by atoms with van der Waals surface area (Å²) in [7, 11) is 0. The van der Waals surface area contributed by atoms with Crippen molar-refractivity contribution < 1.29 is 62.6 Å². The smallest absolute Gasteiger partial charge is 0.407 e. The number of alkyl carbamates (subject to hydrolysis) is 1. The van der Waals surface area contributed by atoms with Crippen LogP contribution in [0.15, 0.2) is 129 Å². The molecule has 0 aliphatic heterocycles. The van der Waals surface area contributed by atoms with Gasteiger partial charge in [-0.05, 0) is 89.5 Å². The number of imidazole rings is 4. The summed E-state index contributed by atoms with van der Waals surface area (Å²) in [6.07, 6.45) is 10.3. The van der Waals surface area contributed by atoms with Crippen LogP contribution >= 0.6 is 0 Å². The second-order valence-electron chi connectivity index (χ2n) is 29.8. The summed E-state index contributed by atoms with van der Waals surface area (Å²) in [5.41, 5.74) is 6.16. The zero-order valence-corrected chi connectivity index (χ0v) is 63.3. The van der Waals surface area contributed by atoms with E-state index in [2.05, 4.69) is 93.0 Å². The molecule has 10 atom stereocenters. The van der Waals surface area contributed by atoms with Gasteiger partial charge in [-0.1, -0.05) is 148 Å². The third-order valence-corrected chi connectivity index (χ3v) is 18.3. The number of rotatable bonds is 42. The molecule has 0 spiro atoms. The Kier molecular flexibility index (Phi) is 30.8. The van der Waals surface area contributed by atoms with Crippen molar-refractivity contribution in [1.29, 1.82) is 0 Å². The van der Waals surface area contributed by atoms with E-state index in [1.807, 2.05) is 118 Å². The number of carbonyl (C=O) groups is 11. The van der Waals surface area contributed by atoms with Gasteiger partial charge in [-0.2, -0.15) is 0 Å². The second-order valence-corrected chi connectivity index (χ2v) is 29.8. The van der Waals surface area contributed by atoms with E-state index in [-0.39, 0.29) is 106 Å². The van der Waals surface area contributed by atoms with Crippen LogP contribution in [0.25, 0.3) is 11.1 Å². The molecule has 31 heteroatoms. The molecule has 0 radical (unpaired) electrons. The highest BCUT2D eigenvalue weighted by Crippen LogP contribution is 2.44. The van der Waals surface area contributed by atoms with Crippen molar-refractivity contribution in [3.05, 3.63) is 168 Å². The van der Waals surface area contributed by atoms with Crippen molar-refractivity contribution in [2.75, 3.05) is 6.61 Å². The van der Waals surface area contributed by atoms with Gasteiger partial charge in [0, 0.05) is 62.8 Å². The number of aliphatic carboxylic acids is 1. The van der Waals surface area contributed by atoms with Gasteiger partial charge >= 0.3 is 12.1 Å². The third-order valence-electron chi connectivity index (χ3n) is 18.3. The van der Waals surface area contributed by atoms with E-state index in [1.165, 1.54) is 43.9 Å². The van der Waals surface area contributed by atoms with Gasteiger partial charge in [0.05, 0.1) is 48.1 Å². The summed E-state index contributed by atoms with van der Waals surface area (Å²) in [5.74, 6) is -9.68. The Morgan fingerprint density at radius 1 is 0.339 bits per heavy atom. The van der Waals surface area contributed by atoms with Gasteiger partial charge in [-0.15, -0.1) is 0 Å². The Hall–Kier alpha value is -11.5. The fourth-order valence-corrected chi connectivity index (χ4v) is 13.1. The number of aromatic amines is 4. The van der Waals surface area contributed by atoms with E-state index in [4.69, 9.17) is 4.74 Å². The number of ether oxygens (including phenoxy) is 1. The molecule has 1 aliphatic rings. The van der Waals surface area contributed by atoms with Gasteiger partial charge in [-0.25, -0.2) is 29.5 Å². The average molecular weight is 1500 g/mol. The number of carboxylic acid groups (broad SMARTS) is 1. The zero-order chi connectivity index (χ0) is 78.8. The molecule has 4 aromatic heterocycles. The summed E-state index contributed by atoms with van der Waals surface area (Å²) in [4.78, 5) is 187. The van der Waals surface area contributed by atoms with Crippen molar-refractivity contribution in [3.8, 4) is 11.1 Å². The quantitative estimate of drug-likeness (QED) is 0.0247. The summed E-state index contributed by atoms with van der Waals surface area (Å²) in [6, 6.07) is 11.0. The minimum atomic E-state index is -1.48. The average Bonchev–Trinajstić information content (AvgIpc) is 1.61. The number of benzene rings is 3. The number of nitrogens with one attached hydrogen (secondary N) is 14. The van der Waals surface area contributed by atoms with Gasteiger partial charge in [0.25, 0.3) is 0 Å². The van der Waals surface area contributed by atoms with Crippen LogP contribution < -0.4 is 53.2 Å². The van der Waals surface area contributed by atoms with E-state index < -0.39 is 126 Å². The maximum absolute atomic E-state index is 14.9. The highest BCUT2D eigenvalue weighted by molar-refractivity contribution is 5.99. The van der Waals surface area contributed by atoms with Crippen LogP contribution in [-0.2, 0) is 84.8 Å². The largest absolute Gasteiger partial charge is 0.480 e. The molecule has 3 aromatic carbocycles. The maximum Gasteiger partial charge on any atom is 0.407 e. The van der Waals surface area contributed by atoms with E-state index in [9.17, 15) is 57.8 Å². The molecule has 0 fully saturated rings. The number of hydrogen-bond donors (Lipinski definition) is 15. The van der Waals surface area contributed by atoms with Crippen LogP contribution in [0.1, 0.15) is 147 Å². The predicted octanol–water partition coefficient (Wildman–Crippen LogP) is 4.68. The topological polar surface area (TPSA) is 452 Å². The normalized spacial score (nSPS) is 14.6. The van der Waals surface area contributed by atoms with Gasteiger partial charge in [0.1, 0.15) is 67.0 Å². The van der Waals surface area contributed by atoms with Crippen LogP contribution in [0, 0.1) is 29.6 Å². The first-order chi connectivity index (χ1) is 52.1. The SMILES string of the molecule is CC(C)C[C@H](NC(=O)OCC1c2ccccc2-c2ccccc21)C(=O)N[C@@H](Cc1c[nH]cn1)C(=O)N[C@@H](CC(C)C)C(=O)N[C@@H](CC(C)C)C(=O)N[C@@H](CC(C)C)C(=O)N[C@@H](Cc1c[nH]cn1)C(=O)N[C@@H](Cc1c[nH]cn1)C(=O)N[C@@H](CC(C)C)C(=O)N[C@@H](Cc1c[nH]cn1)C(=O)N[C@@H](Cc1ccccc1)C(=O)O. The van der Waals surface area contributed by atoms with Crippen molar-refractivity contribution in [2.24, 2.45) is 29.6 Å². The molecule has 109 heavy (non-hydrogen) atoms. The molecule has 0 saturated heterocycles. The van der Waals surface area contributed by atoms with Gasteiger partial charge in [0.2, 0.25) is 53.2 Å². The number of H-pyrrole nitrogens is 4. The zero-order valence-electron chi connectivity index (χ0n) is 63.3. The van der Waals surface area contributed by atoms with E-state index in [1.54, 1.807) is 36.5 Å². The summed E-state index contributed by atoms with van der Waals surface area (Å²) in [6.45, 7) is 18.4. The molecule has 0 bridgehead atoms. The first-order valence-electron chi connectivity index (χ1n) is 37.1. The van der Waals surface area contributed by atoms with Crippen LogP contribution in [0.5, 0.6) is 0 Å². The van der Waals surface area contributed by atoms with Crippen LogP contribution in [0.2, 0.25) is 0 Å². The minimum absolute atomic E-state index is 0.00360. The van der Waals surface area contributed by atoms with E-state index >= 15 is 0 Å². The van der Waals surface area contributed by atoms with Gasteiger partial charge < -0.3 is 82.9 Å². The van der Waals surface area contributed by atoms with Gasteiger partial charge in [0.15, 0.2) is 0 Å². The number of aromatic nitrogens is 8. The molecule has 31 nitrogen and oxygen atoms in total. The van der Waals surface area contributed by atoms with Crippen molar-refractivity contribution in [1.82, 2.24) is 93.0 Å². The lowest BCUT2D eigenvalue weighted by Crippen LogP contribution is -2.61. The number of amides is 10. The first-order valence-corrected chi connectivity index (χ1v) is 37.1. The Morgan fingerprint density at radius 3 is 0.872 bits per heavy atom. The van der Waals surface area contributed by atoms with Crippen LogP contribution in [-0.4, -0.2) is 177 Å². The van der Waals surface area contributed by atoms with Crippen molar-refractivity contribution in [2.45, 2.75) is 200 Å². The first kappa shape index (κ1) is 83.1. The number of hydrogen-bond acceptors (Lipinski definition) is 16. The van der Waals surface area contributed by atoms with Gasteiger partial charge in [-0.3, -0.25) is 43.2 Å². The molecule has 4 heterocycles. The summed E-state index contributed by atoms with van der Waals surface area (Å²) >= 11 is 0. The molecular weight excluding hydrogens is 1400 g/mol. The van der Waals surface area contributed by atoms with Crippen LogP contribution in [0.3, 0.4) is 0 Å². The predicted molar refractivity (Wildman–Crippen MR) is 404 cm³/mol. The Bertz CT molecular complexity index is 4080. The third kappa shape index (κ3) is 25.6. The molecule has 8 rings (SSSR count). The Morgan fingerprint density at radius 2 is 0.596 bits per heavy atom. The molecule has 0 saturated carbocycles. The standard InChI is InChI=1S/C78H104N18O13/c1-43(2)24-58(87-69(98)59(25-44(3)4)89-73(102)63(30-49-34-79-39-83-49)93-72(101)62(28-47(9)10)96-78(108)109-38-57-55-22-16-14-20-53(55)54-21-15-17-23-56(54)57)68(97)88-60(26-45(5)6)70(99)91-65(32-51-36-81-41-85-51)75(104)94-64(31-50-35-80-40-84-50)74(103)90-61(27-46(7)8)71(100)92-66(33-52-37-82-42-86-52)76(105)95-67(77(106)107)29-48-18-12-11-13-19-48/h11-23,34-37,39-47,57-67H,24-33,38H2,1-10H3,(H,79,83)(H,80,84)(H,81,85)(H,82,86)(H,87,98)(H,88,97)(H,89,102)(H,90,103)(H,91,99)(H,92,100)(H,93,101)(H,94,104)(H,95,105)(H,96,108)(H,106,107)/t58-,59-,60-,61-,62-,63-,64-,65-,66-,67-/m0/s1. The van der Waals surface area contributed by atoms with Crippen molar-refractivity contribution >= 4 is 65.2 Å². The Balaban J connectivity index is 0.959. The highest BCUT2D eigenvalue weighted by atomic mass is 16.5. The fourth-order valence-electron chi connectivity index (χ4n) is 13.1. The lowest BCUT2D eigenvalue weighted by Gasteiger charge is -2.29. The summed E-state index contributed by atoms with van der Waals surface area (Å²) < 4.78 is 5.84. The Labute approximate surface area is 633 Å². The summed E-state index contributed by atoms with van der Waals surface area (Å²) in [5, 5.41) is 37.8. The minimum Gasteiger partial charge on any atom is -0.480 e. The lowest BCUT2D eigenvalue weighted by atomic mass is 9.98. The second kappa shape index (κ2) is 40.4. The maximum atomic E-state index is 14.9. The number of fused-ring (bicyclic) bond motifs is 3.